The summed E-state index contributed by atoms with van der Waals surface area (Å²) in [6.07, 6.45) is 0.706. The third kappa shape index (κ3) is 3.97. The molecule has 1 aromatic heterocycles. The fourth-order valence-electron chi connectivity index (χ4n) is 2.13. The Hall–Kier alpha value is -2.63. The van der Waals surface area contributed by atoms with Gasteiger partial charge < -0.3 is 10.1 Å². The molecule has 1 aromatic carbocycles. The van der Waals surface area contributed by atoms with Crippen molar-refractivity contribution >= 4 is 17.7 Å². The van der Waals surface area contributed by atoms with Gasteiger partial charge in [0.1, 0.15) is 5.82 Å². The molecule has 0 saturated heterocycles. The Balaban J connectivity index is 2.01. The van der Waals surface area contributed by atoms with Crippen LogP contribution in [0.3, 0.4) is 0 Å². The first-order chi connectivity index (χ1) is 10.9. The van der Waals surface area contributed by atoms with Gasteiger partial charge in [0.05, 0.1) is 11.8 Å². The molecule has 2 rings (SSSR count). The zero-order valence-corrected chi connectivity index (χ0v) is 13.7. The van der Waals surface area contributed by atoms with Gasteiger partial charge in [-0.15, -0.1) is 0 Å². The van der Waals surface area contributed by atoms with Crippen molar-refractivity contribution < 1.29 is 14.3 Å². The number of nitrogens with one attached hydrogen (secondary N) is 1. The van der Waals surface area contributed by atoms with Crippen molar-refractivity contribution in [2.45, 2.75) is 39.8 Å². The van der Waals surface area contributed by atoms with Gasteiger partial charge in [-0.05, 0) is 39.3 Å². The van der Waals surface area contributed by atoms with Crippen molar-refractivity contribution in [1.29, 1.82) is 0 Å². The Morgan fingerprint density at radius 3 is 2.52 bits per heavy atom. The van der Waals surface area contributed by atoms with E-state index >= 15 is 0 Å². The lowest BCUT2D eigenvalue weighted by molar-refractivity contribution is -0.123. The Morgan fingerprint density at radius 1 is 1.17 bits per heavy atom. The molecule has 0 unspecified atom stereocenters. The van der Waals surface area contributed by atoms with Crippen LogP contribution in [0.5, 0.6) is 0 Å². The number of ether oxygens (including phenoxy) is 1. The molecule has 0 fully saturated rings. The maximum Gasteiger partial charge on any atom is 0.339 e. The first kappa shape index (κ1) is 16.7. The maximum absolute atomic E-state index is 12.2. The number of hydrogen-bond acceptors (Lipinski definition) is 4. The summed E-state index contributed by atoms with van der Waals surface area (Å²) in [4.78, 5) is 24.3. The third-order valence-electron chi connectivity index (χ3n) is 3.43. The van der Waals surface area contributed by atoms with E-state index in [-0.39, 0.29) is 6.04 Å². The maximum atomic E-state index is 12.2. The fraction of sp³-hybridized carbons (Fsp3) is 0.353. The average Bonchev–Trinajstić information content (AvgIpc) is 2.95. The molecular weight excluding hydrogens is 294 g/mol. The number of carbonyl (C=O) groups is 2. The molecule has 6 heteroatoms. The van der Waals surface area contributed by atoms with Crippen molar-refractivity contribution in [3.63, 3.8) is 0 Å². The van der Waals surface area contributed by atoms with Gasteiger partial charge in [0, 0.05) is 12.1 Å². The molecule has 0 aliphatic rings. The highest BCUT2D eigenvalue weighted by Gasteiger charge is 2.21. The Labute approximate surface area is 135 Å². The van der Waals surface area contributed by atoms with Gasteiger partial charge in [0.2, 0.25) is 0 Å². The molecule has 1 amide bonds. The highest BCUT2D eigenvalue weighted by atomic mass is 16.5. The van der Waals surface area contributed by atoms with Gasteiger partial charge in [-0.1, -0.05) is 18.2 Å². The van der Waals surface area contributed by atoms with Crippen LogP contribution in [-0.4, -0.2) is 27.8 Å². The molecule has 1 heterocycles. The van der Waals surface area contributed by atoms with Crippen LogP contribution in [0, 0.1) is 6.92 Å². The summed E-state index contributed by atoms with van der Waals surface area (Å²) in [5, 5.41) is 6.87. The number of benzene rings is 1. The predicted octanol–water partition coefficient (Wildman–Crippen LogP) is 2.96. The zero-order valence-electron chi connectivity index (χ0n) is 13.7. The second kappa shape index (κ2) is 7.09. The molecule has 1 N–H and O–H groups in total. The molecule has 23 heavy (non-hydrogen) atoms. The van der Waals surface area contributed by atoms with Crippen molar-refractivity contribution in [1.82, 2.24) is 9.78 Å². The van der Waals surface area contributed by atoms with E-state index in [0.717, 1.165) is 5.56 Å². The number of hydrogen-bond donors (Lipinski definition) is 1. The molecule has 0 saturated carbocycles. The molecular formula is C17H21N3O3. The minimum atomic E-state index is -0.905. The van der Waals surface area contributed by atoms with Crippen LogP contribution in [0.15, 0.2) is 36.5 Å². The Morgan fingerprint density at radius 2 is 1.87 bits per heavy atom. The van der Waals surface area contributed by atoms with Crippen molar-refractivity contribution in [2.24, 2.45) is 0 Å². The highest BCUT2D eigenvalue weighted by molar-refractivity contribution is 5.97. The average molecular weight is 315 g/mol. The van der Waals surface area contributed by atoms with Crippen LogP contribution in [0.25, 0.3) is 0 Å². The van der Waals surface area contributed by atoms with Gasteiger partial charge >= 0.3 is 5.97 Å². The SMILES string of the molecule is Cc1ccccc1C(=O)O[C@H](C)C(=O)Nc1ccnn1C(C)C. The lowest BCUT2D eigenvalue weighted by atomic mass is 10.1. The number of amides is 1. The molecule has 2 aromatic rings. The summed E-state index contributed by atoms with van der Waals surface area (Å²) >= 11 is 0. The summed E-state index contributed by atoms with van der Waals surface area (Å²) in [7, 11) is 0. The van der Waals surface area contributed by atoms with Crippen molar-refractivity contribution in [3.05, 3.63) is 47.7 Å². The van der Waals surface area contributed by atoms with Gasteiger partial charge in [-0.3, -0.25) is 4.79 Å². The molecule has 6 nitrogen and oxygen atoms in total. The largest absolute Gasteiger partial charge is 0.449 e. The number of nitrogens with zero attached hydrogens (tertiary/aromatic N) is 2. The first-order valence-electron chi connectivity index (χ1n) is 7.51. The first-order valence-corrected chi connectivity index (χ1v) is 7.51. The Kier molecular flexibility index (Phi) is 5.16. The minimum absolute atomic E-state index is 0.116. The number of aromatic nitrogens is 2. The molecule has 0 aliphatic carbocycles. The normalized spacial score (nSPS) is 12.0. The molecule has 0 radical (unpaired) electrons. The summed E-state index contributed by atoms with van der Waals surface area (Å²) in [6.45, 7) is 7.29. The van der Waals surface area contributed by atoms with Gasteiger partial charge in [-0.25, -0.2) is 9.48 Å². The highest BCUT2D eigenvalue weighted by Crippen LogP contribution is 2.14. The number of esters is 1. The summed E-state index contributed by atoms with van der Waals surface area (Å²) in [6, 6.07) is 8.92. The van der Waals surface area contributed by atoms with E-state index in [1.54, 1.807) is 36.0 Å². The van der Waals surface area contributed by atoms with E-state index in [1.807, 2.05) is 32.9 Å². The molecule has 0 bridgehead atoms. The van der Waals surface area contributed by atoms with Crippen LogP contribution in [0.1, 0.15) is 42.7 Å². The smallest absolute Gasteiger partial charge is 0.339 e. The van der Waals surface area contributed by atoms with E-state index in [0.29, 0.717) is 11.4 Å². The standard InChI is InChI=1S/C17H21N3O3/c1-11(2)20-15(9-10-18-20)19-16(21)13(4)23-17(22)14-8-6-5-7-12(14)3/h5-11,13H,1-4H3,(H,19,21)/t13-/m1/s1. The third-order valence-corrected chi connectivity index (χ3v) is 3.43. The monoisotopic (exact) mass is 315 g/mol. The van der Waals surface area contributed by atoms with Crippen LogP contribution in [0.2, 0.25) is 0 Å². The minimum Gasteiger partial charge on any atom is -0.449 e. The van der Waals surface area contributed by atoms with E-state index in [4.69, 9.17) is 4.74 Å². The molecule has 122 valence electrons. The van der Waals surface area contributed by atoms with Crippen LogP contribution < -0.4 is 5.32 Å². The summed E-state index contributed by atoms with van der Waals surface area (Å²) < 4.78 is 6.94. The topological polar surface area (TPSA) is 73.2 Å². The fourth-order valence-corrected chi connectivity index (χ4v) is 2.13. The number of rotatable bonds is 5. The van der Waals surface area contributed by atoms with E-state index < -0.39 is 18.0 Å². The van der Waals surface area contributed by atoms with Crippen molar-refractivity contribution in [3.8, 4) is 0 Å². The van der Waals surface area contributed by atoms with E-state index in [1.165, 1.54) is 0 Å². The summed E-state index contributed by atoms with van der Waals surface area (Å²) in [5.41, 5.74) is 1.27. The van der Waals surface area contributed by atoms with Crippen LogP contribution in [-0.2, 0) is 9.53 Å². The lowest BCUT2D eigenvalue weighted by Crippen LogP contribution is -2.31. The molecule has 0 aliphatic heterocycles. The number of anilines is 1. The van der Waals surface area contributed by atoms with Gasteiger partial charge in [0.25, 0.3) is 5.91 Å². The molecule has 0 spiro atoms. The number of carbonyl (C=O) groups excluding carboxylic acids is 2. The van der Waals surface area contributed by atoms with Gasteiger partial charge in [-0.2, -0.15) is 5.10 Å². The second-order valence-corrected chi connectivity index (χ2v) is 5.61. The quantitative estimate of drug-likeness (QED) is 0.861. The number of aryl methyl sites for hydroxylation is 1. The van der Waals surface area contributed by atoms with E-state index in [2.05, 4.69) is 10.4 Å². The predicted molar refractivity (Wildman–Crippen MR) is 87.3 cm³/mol. The zero-order chi connectivity index (χ0) is 17.0. The van der Waals surface area contributed by atoms with Crippen molar-refractivity contribution in [2.75, 3.05) is 5.32 Å². The second-order valence-electron chi connectivity index (χ2n) is 5.61. The van der Waals surface area contributed by atoms with Crippen LogP contribution in [0.4, 0.5) is 5.82 Å². The summed E-state index contributed by atoms with van der Waals surface area (Å²) in [5.74, 6) is -0.332. The van der Waals surface area contributed by atoms with Crippen LogP contribution >= 0.6 is 0 Å². The lowest BCUT2D eigenvalue weighted by Gasteiger charge is -2.16. The van der Waals surface area contributed by atoms with Gasteiger partial charge in [0.15, 0.2) is 6.10 Å². The Bertz CT molecular complexity index is 707. The van der Waals surface area contributed by atoms with E-state index in [9.17, 15) is 9.59 Å². The molecule has 1 atom stereocenters.